The maximum Gasteiger partial charge on any atom is 0.267 e. The number of carbonyl (C=O) groups excluding carboxylic acids is 2. The smallest absolute Gasteiger partial charge is 0.267 e. The van der Waals surface area contributed by atoms with Gasteiger partial charge in [-0.05, 0) is 83.2 Å². The minimum absolute atomic E-state index is 0.00116. The van der Waals surface area contributed by atoms with Gasteiger partial charge < -0.3 is 50.0 Å². The van der Waals surface area contributed by atoms with Crippen molar-refractivity contribution in [3.8, 4) is 0 Å². The zero-order valence-corrected chi connectivity index (χ0v) is 25.6. The summed E-state index contributed by atoms with van der Waals surface area (Å²) in [7, 11) is -8.65. The van der Waals surface area contributed by atoms with E-state index in [2.05, 4.69) is 10.6 Å². The first-order valence-electron chi connectivity index (χ1n) is 14.1. The molecule has 0 fully saturated rings. The second-order valence-corrected chi connectivity index (χ2v) is 12.4. The summed E-state index contributed by atoms with van der Waals surface area (Å²) in [5, 5.41) is 5.57. The molecule has 0 spiro atoms. The Balaban J connectivity index is 3.75. The molecule has 0 saturated heterocycles. The summed E-state index contributed by atoms with van der Waals surface area (Å²) >= 11 is 0. The van der Waals surface area contributed by atoms with Crippen molar-refractivity contribution in [1.29, 1.82) is 0 Å². The number of rotatable bonds is 28. The van der Waals surface area contributed by atoms with Crippen molar-refractivity contribution in [2.45, 2.75) is 84.0 Å². The van der Waals surface area contributed by atoms with Crippen molar-refractivity contribution in [3.63, 3.8) is 0 Å². The van der Waals surface area contributed by atoms with Crippen LogP contribution in [0.15, 0.2) is 0 Å². The number of unbranched alkanes of at least 4 members (excludes halogenated alkanes) is 6. The highest BCUT2D eigenvalue weighted by molar-refractivity contribution is 7.46. The molecule has 0 radical (unpaired) electrons. The number of phosphoric acid groups is 2. The summed E-state index contributed by atoms with van der Waals surface area (Å²) < 4.78 is 42.4. The summed E-state index contributed by atoms with van der Waals surface area (Å²) in [6, 6.07) is 0. The highest BCUT2D eigenvalue weighted by atomic mass is 31.2. The molecule has 0 saturated carbocycles. The van der Waals surface area contributed by atoms with E-state index in [1.54, 1.807) is 0 Å². The molecule has 238 valence electrons. The van der Waals surface area contributed by atoms with Crippen LogP contribution in [0, 0.1) is 5.92 Å². The summed E-state index contributed by atoms with van der Waals surface area (Å²) in [5.74, 6) is -0.342. The van der Waals surface area contributed by atoms with Gasteiger partial charge in [-0.3, -0.25) is 18.7 Å². The monoisotopic (exact) mass is 616 g/mol. The van der Waals surface area contributed by atoms with Crippen molar-refractivity contribution in [1.82, 2.24) is 10.6 Å². The Kier molecular flexibility index (Phi) is 24.1. The van der Waals surface area contributed by atoms with Gasteiger partial charge in [0.05, 0.1) is 26.4 Å². The van der Waals surface area contributed by atoms with E-state index in [1.165, 1.54) is 0 Å². The van der Waals surface area contributed by atoms with E-state index in [4.69, 9.17) is 29.6 Å². The predicted octanol–water partition coefficient (Wildman–Crippen LogP) is 1.46. The fourth-order valence-corrected chi connectivity index (χ4v) is 4.79. The van der Waals surface area contributed by atoms with E-state index < -0.39 is 15.6 Å². The quantitative estimate of drug-likeness (QED) is 0.0723. The summed E-state index contributed by atoms with van der Waals surface area (Å²) in [4.78, 5) is 47.3. The average molecular weight is 617 g/mol. The van der Waals surface area contributed by atoms with Crippen molar-refractivity contribution < 1.29 is 46.6 Å². The van der Waals surface area contributed by atoms with Crippen LogP contribution in [0.25, 0.3) is 0 Å². The number of amides is 2. The van der Waals surface area contributed by atoms with Crippen LogP contribution >= 0.6 is 15.6 Å². The SMILES string of the molecule is CC(CNC(=O)CCCCOP(=O)([O-])OCCCCCN)CNC(=O)CCCCOP(=O)([O-])OCCCCCN. The zero-order chi connectivity index (χ0) is 30.1. The van der Waals surface area contributed by atoms with E-state index in [1.807, 2.05) is 6.92 Å². The molecule has 0 aromatic rings. The maximum atomic E-state index is 12.0. The fourth-order valence-electron chi connectivity index (χ4n) is 3.23. The van der Waals surface area contributed by atoms with Crippen LogP contribution in [0.4, 0.5) is 0 Å². The number of hydrogen-bond acceptors (Lipinski definition) is 12. The van der Waals surface area contributed by atoms with Crippen molar-refractivity contribution in [3.05, 3.63) is 0 Å². The molecule has 0 aliphatic rings. The second-order valence-electron chi connectivity index (χ2n) is 9.55. The molecule has 0 aromatic carbocycles. The minimum Gasteiger partial charge on any atom is -0.756 e. The Bertz CT molecular complexity index is 703. The van der Waals surface area contributed by atoms with Crippen LogP contribution in [0.5, 0.6) is 0 Å². The predicted molar refractivity (Wildman–Crippen MR) is 148 cm³/mol. The van der Waals surface area contributed by atoms with Crippen LogP contribution < -0.4 is 31.9 Å². The molecule has 0 heterocycles. The molecule has 16 heteroatoms. The van der Waals surface area contributed by atoms with Gasteiger partial charge in [-0.25, -0.2) is 0 Å². The molecular formula is C24H50N4O10P2-2. The van der Waals surface area contributed by atoms with Gasteiger partial charge in [0.15, 0.2) is 0 Å². The topological polar surface area (TPSA) is 227 Å². The fraction of sp³-hybridized carbons (Fsp3) is 0.917. The Morgan fingerprint density at radius 2 is 0.950 bits per heavy atom. The zero-order valence-electron chi connectivity index (χ0n) is 23.9. The number of nitrogens with one attached hydrogen (secondary N) is 2. The lowest BCUT2D eigenvalue weighted by Crippen LogP contribution is -2.35. The minimum atomic E-state index is -4.33. The van der Waals surface area contributed by atoms with Gasteiger partial charge in [-0.15, -0.1) is 0 Å². The Morgan fingerprint density at radius 1 is 0.625 bits per heavy atom. The standard InChI is InChI=1S/C24H52N4O10P2/c1-22(20-27-23(29)12-4-10-18-37-39(31,32)35-16-8-2-6-14-25)21-28-24(30)13-5-11-19-38-40(33,34)36-17-9-3-7-15-26/h22H,2-21,25-26H2,1H3,(H,27,29)(H,28,30)(H,31,32)(H,33,34)/p-2. The van der Waals surface area contributed by atoms with Crippen LogP contribution in [0.1, 0.15) is 84.0 Å². The van der Waals surface area contributed by atoms with Gasteiger partial charge in [-0.1, -0.05) is 6.92 Å². The number of phosphoric ester groups is 2. The molecule has 2 unspecified atom stereocenters. The van der Waals surface area contributed by atoms with Gasteiger partial charge in [0, 0.05) is 25.9 Å². The van der Waals surface area contributed by atoms with Crippen molar-refractivity contribution in [2.75, 3.05) is 52.6 Å². The normalized spacial score (nSPS) is 15.2. The molecular weight excluding hydrogens is 566 g/mol. The van der Waals surface area contributed by atoms with Crippen LogP contribution in [-0.4, -0.2) is 64.4 Å². The number of carbonyl (C=O) groups is 2. The lowest BCUT2D eigenvalue weighted by Gasteiger charge is -2.22. The Labute approximate surface area is 238 Å². The first kappa shape index (κ1) is 39.1. The Hall–Kier alpha value is -0.920. The third-order valence-electron chi connectivity index (χ3n) is 5.59. The van der Waals surface area contributed by atoms with E-state index in [-0.39, 0.29) is 57.0 Å². The van der Waals surface area contributed by atoms with Crippen molar-refractivity contribution in [2.24, 2.45) is 17.4 Å². The molecule has 6 N–H and O–H groups in total. The van der Waals surface area contributed by atoms with Crippen LogP contribution in [0.2, 0.25) is 0 Å². The van der Waals surface area contributed by atoms with Crippen molar-refractivity contribution >= 4 is 27.5 Å². The summed E-state index contributed by atoms with van der Waals surface area (Å²) in [5.41, 5.74) is 10.7. The molecule has 0 rings (SSSR count). The molecule has 0 aromatic heterocycles. The van der Waals surface area contributed by atoms with E-state index in [9.17, 15) is 28.5 Å². The van der Waals surface area contributed by atoms with Gasteiger partial charge in [0.25, 0.3) is 15.6 Å². The third kappa shape index (κ3) is 26.0. The molecule has 0 bridgehead atoms. The summed E-state index contributed by atoms with van der Waals surface area (Å²) in [6.45, 7) is 3.77. The largest absolute Gasteiger partial charge is 0.756 e. The van der Waals surface area contributed by atoms with Gasteiger partial charge >= 0.3 is 0 Å². The molecule has 2 atom stereocenters. The average Bonchev–Trinajstić information content (AvgIpc) is 2.90. The van der Waals surface area contributed by atoms with E-state index >= 15 is 0 Å². The maximum absolute atomic E-state index is 12.0. The molecule has 14 nitrogen and oxygen atoms in total. The lowest BCUT2D eigenvalue weighted by atomic mass is 10.1. The van der Waals surface area contributed by atoms with Gasteiger partial charge in [0.2, 0.25) is 11.8 Å². The lowest BCUT2D eigenvalue weighted by molar-refractivity contribution is -0.227. The molecule has 0 aliphatic heterocycles. The third-order valence-corrected chi connectivity index (χ3v) is 7.58. The van der Waals surface area contributed by atoms with E-state index in [0.29, 0.717) is 64.7 Å². The number of hydrogen-bond donors (Lipinski definition) is 4. The first-order chi connectivity index (χ1) is 19.0. The molecule has 40 heavy (non-hydrogen) atoms. The summed E-state index contributed by atoms with van der Waals surface area (Å²) in [6.07, 6.45) is 6.52. The highest BCUT2D eigenvalue weighted by Gasteiger charge is 2.12. The second kappa shape index (κ2) is 24.7. The van der Waals surface area contributed by atoms with Gasteiger partial charge in [-0.2, -0.15) is 0 Å². The first-order valence-corrected chi connectivity index (χ1v) is 17.1. The molecule has 2 amide bonds. The number of nitrogens with two attached hydrogens (primary N) is 2. The van der Waals surface area contributed by atoms with Crippen LogP contribution in [-0.2, 0) is 36.8 Å². The Morgan fingerprint density at radius 3 is 1.27 bits per heavy atom. The molecule has 0 aliphatic carbocycles. The van der Waals surface area contributed by atoms with Gasteiger partial charge in [0.1, 0.15) is 0 Å². The van der Waals surface area contributed by atoms with E-state index in [0.717, 1.165) is 25.7 Å². The highest BCUT2D eigenvalue weighted by Crippen LogP contribution is 2.39. The van der Waals surface area contributed by atoms with Crippen LogP contribution in [0.3, 0.4) is 0 Å².